The number of hydrogen-bond donors (Lipinski definition) is 2. The average molecular weight is 279 g/mol. The molecule has 5 heteroatoms. The van der Waals surface area contributed by atoms with Crippen molar-refractivity contribution in [2.24, 2.45) is 0 Å². The Bertz CT molecular complexity index is 489. The summed E-state index contributed by atoms with van der Waals surface area (Å²) in [4.78, 5) is 11.9. The molecule has 0 spiro atoms. The lowest BCUT2D eigenvalue weighted by Gasteiger charge is -2.36. The van der Waals surface area contributed by atoms with Crippen molar-refractivity contribution in [2.75, 3.05) is 27.4 Å². The zero-order valence-corrected chi connectivity index (χ0v) is 11.9. The van der Waals surface area contributed by atoms with Crippen molar-refractivity contribution in [3.63, 3.8) is 0 Å². The van der Waals surface area contributed by atoms with Gasteiger partial charge in [0.1, 0.15) is 11.3 Å². The zero-order valence-electron chi connectivity index (χ0n) is 11.9. The summed E-state index contributed by atoms with van der Waals surface area (Å²) in [5.74, 6) is -0.160. The highest BCUT2D eigenvalue weighted by atomic mass is 16.5. The van der Waals surface area contributed by atoms with Crippen molar-refractivity contribution < 1.29 is 19.4 Å². The summed E-state index contributed by atoms with van der Waals surface area (Å²) in [6.07, 6.45) is 2.33. The average Bonchev–Trinajstić information content (AvgIpc) is 2.47. The van der Waals surface area contributed by atoms with E-state index in [9.17, 15) is 9.90 Å². The minimum absolute atomic E-state index is 0.480. The van der Waals surface area contributed by atoms with Gasteiger partial charge < -0.3 is 14.6 Å². The maximum atomic E-state index is 11.9. The van der Waals surface area contributed by atoms with Crippen molar-refractivity contribution in [1.82, 2.24) is 5.32 Å². The first-order valence-electron chi connectivity index (χ1n) is 6.79. The normalized spacial score (nSPS) is 21.3. The van der Waals surface area contributed by atoms with E-state index in [-0.39, 0.29) is 0 Å². The van der Waals surface area contributed by atoms with E-state index in [1.54, 1.807) is 14.2 Å². The number of aliphatic carboxylic acids is 1. The molecule has 2 rings (SSSR count). The van der Waals surface area contributed by atoms with Gasteiger partial charge in [-0.3, -0.25) is 5.32 Å². The topological polar surface area (TPSA) is 67.8 Å². The molecule has 2 N–H and O–H groups in total. The van der Waals surface area contributed by atoms with E-state index in [0.717, 1.165) is 24.0 Å². The van der Waals surface area contributed by atoms with Gasteiger partial charge in [-0.1, -0.05) is 6.07 Å². The third-order valence-corrected chi connectivity index (χ3v) is 3.87. The molecule has 1 atom stereocenters. The fourth-order valence-electron chi connectivity index (χ4n) is 2.82. The van der Waals surface area contributed by atoms with Gasteiger partial charge >= 0.3 is 5.97 Å². The maximum Gasteiger partial charge on any atom is 0.328 e. The van der Waals surface area contributed by atoms with Crippen molar-refractivity contribution in [3.05, 3.63) is 29.3 Å². The van der Waals surface area contributed by atoms with Gasteiger partial charge in [-0.15, -0.1) is 0 Å². The number of carboxylic acid groups (broad SMARTS) is 1. The highest BCUT2D eigenvalue weighted by Crippen LogP contribution is 2.37. The van der Waals surface area contributed by atoms with Gasteiger partial charge in [0.25, 0.3) is 0 Å². The van der Waals surface area contributed by atoms with Crippen molar-refractivity contribution >= 4 is 5.97 Å². The molecule has 1 aliphatic carbocycles. The Morgan fingerprint density at radius 3 is 2.90 bits per heavy atom. The van der Waals surface area contributed by atoms with Crippen LogP contribution in [-0.2, 0) is 21.5 Å². The van der Waals surface area contributed by atoms with Gasteiger partial charge in [-0.2, -0.15) is 0 Å². The van der Waals surface area contributed by atoms with Crippen LogP contribution in [0.5, 0.6) is 5.75 Å². The van der Waals surface area contributed by atoms with Crippen LogP contribution < -0.4 is 10.1 Å². The predicted octanol–water partition coefficient (Wildman–Crippen LogP) is 1.55. The summed E-state index contributed by atoms with van der Waals surface area (Å²) >= 11 is 0. The second-order valence-corrected chi connectivity index (χ2v) is 5.01. The molecule has 1 aliphatic rings. The standard InChI is InChI=1S/C15H21NO4/c1-19-9-8-16-15(14(17)18)7-3-4-11-5-6-12(20-2)10-13(11)15/h5-6,10,16H,3-4,7-9H2,1-2H3,(H,17,18). The monoisotopic (exact) mass is 279 g/mol. The SMILES string of the molecule is COCCNC1(C(=O)O)CCCc2ccc(OC)cc21. The summed E-state index contributed by atoms with van der Waals surface area (Å²) in [5.41, 5.74) is 0.844. The molecular formula is C15H21NO4. The molecule has 0 aliphatic heterocycles. The Kier molecular flexibility index (Phi) is 4.62. The Morgan fingerprint density at radius 1 is 1.45 bits per heavy atom. The number of hydrogen-bond acceptors (Lipinski definition) is 4. The number of carbonyl (C=O) groups is 1. The number of fused-ring (bicyclic) bond motifs is 1. The van der Waals surface area contributed by atoms with E-state index in [1.165, 1.54) is 0 Å². The predicted molar refractivity (Wildman–Crippen MR) is 75.1 cm³/mol. The zero-order chi connectivity index (χ0) is 14.6. The van der Waals surface area contributed by atoms with Gasteiger partial charge in [0.2, 0.25) is 0 Å². The molecule has 1 unspecified atom stereocenters. The van der Waals surface area contributed by atoms with Crippen molar-refractivity contribution in [3.8, 4) is 5.75 Å². The lowest BCUT2D eigenvalue weighted by molar-refractivity contribution is -0.146. The van der Waals surface area contributed by atoms with Crippen LogP contribution in [0, 0.1) is 0 Å². The molecule has 1 aromatic carbocycles. The Balaban J connectivity index is 2.41. The lowest BCUT2D eigenvalue weighted by Crippen LogP contribution is -2.52. The largest absolute Gasteiger partial charge is 0.497 e. The molecule has 0 bridgehead atoms. The van der Waals surface area contributed by atoms with Crippen LogP contribution in [0.3, 0.4) is 0 Å². The van der Waals surface area contributed by atoms with Gasteiger partial charge in [0.15, 0.2) is 0 Å². The molecule has 0 saturated carbocycles. The Hall–Kier alpha value is -1.59. The minimum Gasteiger partial charge on any atom is -0.497 e. The number of rotatable bonds is 6. The van der Waals surface area contributed by atoms with Crippen LogP contribution in [0.15, 0.2) is 18.2 Å². The van der Waals surface area contributed by atoms with E-state index in [4.69, 9.17) is 9.47 Å². The lowest BCUT2D eigenvalue weighted by atomic mass is 9.76. The van der Waals surface area contributed by atoms with E-state index in [2.05, 4.69) is 5.32 Å². The number of methoxy groups -OCH3 is 2. The fraction of sp³-hybridized carbons (Fsp3) is 0.533. The first-order valence-corrected chi connectivity index (χ1v) is 6.79. The first-order chi connectivity index (χ1) is 9.64. The van der Waals surface area contributed by atoms with E-state index >= 15 is 0 Å². The van der Waals surface area contributed by atoms with Crippen LogP contribution in [0.1, 0.15) is 24.0 Å². The van der Waals surface area contributed by atoms with E-state index in [1.807, 2.05) is 18.2 Å². The molecule has 0 radical (unpaired) electrons. The highest BCUT2D eigenvalue weighted by Gasteiger charge is 2.43. The summed E-state index contributed by atoms with van der Waals surface area (Å²) in [6.45, 7) is 0.980. The van der Waals surface area contributed by atoms with Crippen LogP contribution in [-0.4, -0.2) is 38.4 Å². The number of nitrogens with one attached hydrogen (secondary N) is 1. The number of benzene rings is 1. The molecule has 110 valence electrons. The molecule has 0 fully saturated rings. The Morgan fingerprint density at radius 2 is 2.25 bits per heavy atom. The number of carboxylic acids is 1. The third kappa shape index (κ3) is 2.64. The van der Waals surface area contributed by atoms with Gasteiger partial charge in [-0.25, -0.2) is 4.79 Å². The van der Waals surface area contributed by atoms with E-state index < -0.39 is 11.5 Å². The van der Waals surface area contributed by atoms with E-state index in [0.29, 0.717) is 25.3 Å². The maximum absolute atomic E-state index is 11.9. The molecule has 20 heavy (non-hydrogen) atoms. The minimum atomic E-state index is -1.04. The number of aryl methyl sites for hydroxylation is 1. The first kappa shape index (κ1) is 14.8. The second-order valence-electron chi connectivity index (χ2n) is 5.01. The third-order valence-electron chi connectivity index (χ3n) is 3.87. The van der Waals surface area contributed by atoms with Gasteiger partial charge in [0.05, 0.1) is 13.7 Å². The number of ether oxygens (including phenoxy) is 2. The summed E-state index contributed by atoms with van der Waals surface area (Å²) in [7, 11) is 3.19. The quantitative estimate of drug-likeness (QED) is 0.773. The van der Waals surface area contributed by atoms with Crippen molar-refractivity contribution in [2.45, 2.75) is 24.8 Å². The summed E-state index contributed by atoms with van der Waals surface area (Å²) in [6, 6.07) is 5.68. The second kappa shape index (κ2) is 6.24. The Labute approximate surface area is 118 Å². The summed E-state index contributed by atoms with van der Waals surface area (Å²) < 4.78 is 10.2. The molecule has 0 aromatic heterocycles. The highest BCUT2D eigenvalue weighted by molar-refractivity contribution is 5.82. The fourth-order valence-corrected chi connectivity index (χ4v) is 2.82. The van der Waals surface area contributed by atoms with Crippen molar-refractivity contribution in [1.29, 1.82) is 0 Å². The van der Waals surface area contributed by atoms with Gasteiger partial charge in [-0.05, 0) is 42.5 Å². The van der Waals surface area contributed by atoms with Gasteiger partial charge in [0, 0.05) is 13.7 Å². The molecule has 0 heterocycles. The molecule has 0 saturated heterocycles. The van der Waals surface area contributed by atoms with Crippen LogP contribution in [0.4, 0.5) is 0 Å². The molecular weight excluding hydrogens is 258 g/mol. The smallest absolute Gasteiger partial charge is 0.328 e. The molecule has 5 nitrogen and oxygen atoms in total. The molecule has 0 amide bonds. The van der Waals surface area contributed by atoms with Crippen LogP contribution in [0.2, 0.25) is 0 Å². The van der Waals surface area contributed by atoms with Crippen LogP contribution >= 0.6 is 0 Å². The van der Waals surface area contributed by atoms with Crippen LogP contribution in [0.25, 0.3) is 0 Å². The molecule has 1 aromatic rings. The summed E-state index contributed by atoms with van der Waals surface area (Å²) in [5, 5.41) is 12.9.